The van der Waals surface area contributed by atoms with E-state index in [-0.39, 0.29) is 18.0 Å². The van der Waals surface area contributed by atoms with Gasteiger partial charge in [0.25, 0.3) is 6.29 Å². The van der Waals surface area contributed by atoms with Gasteiger partial charge in [0.15, 0.2) is 0 Å². The van der Waals surface area contributed by atoms with Crippen molar-refractivity contribution in [1.29, 1.82) is 0 Å². The van der Waals surface area contributed by atoms with Crippen LogP contribution in [0.25, 0.3) is 0 Å². The quantitative estimate of drug-likeness (QED) is 0.318. The lowest BCUT2D eigenvalue weighted by Crippen LogP contribution is -2.11. The van der Waals surface area contributed by atoms with Crippen molar-refractivity contribution in [3.8, 4) is 0 Å². The number of ether oxygens (including phenoxy) is 3. The maximum absolute atomic E-state index is 11.6. The lowest BCUT2D eigenvalue weighted by Gasteiger charge is -2.09. The third kappa shape index (κ3) is 1.72. The number of hydrogen-bond acceptors (Lipinski definition) is 5. The summed E-state index contributed by atoms with van der Waals surface area (Å²) in [6.07, 6.45) is 6.72. The Morgan fingerprint density at radius 1 is 1.33 bits per heavy atom. The Labute approximate surface area is 104 Å². The monoisotopic (exact) mass is 248 g/mol. The van der Waals surface area contributed by atoms with E-state index in [1.807, 2.05) is 12.2 Å². The van der Waals surface area contributed by atoms with E-state index in [9.17, 15) is 9.59 Å². The fourth-order valence-corrected chi connectivity index (χ4v) is 2.24. The standard InChI is InChI=1S/C13H12O5/c1-7-5-11(18-12(7)14)16-6-9-8-3-2-4-10(8)17-13(9)15/h2-3,5-6,8,10-11H,4H2,1H3/b9-6-/t8-,10-,11-/m1/s1. The smallest absolute Gasteiger partial charge is 0.338 e. The fourth-order valence-electron chi connectivity index (χ4n) is 2.24. The molecule has 5 heteroatoms. The van der Waals surface area contributed by atoms with Gasteiger partial charge in [0.2, 0.25) is 0 Å². The highest BCUT2D eigenvalue weighted by Gasteiger charge is 2.40. The molecule has 0 aromatic carbocycles. The van der Waals surface area contributed by atoms with Crippen LogP contribution >= 0.6 is 0 Å². The molecule has 2 heterocycles. The molecule has 1 aliphatic carbocycles. The summed E-state index contributed by atoms with van der Waals surface area (Å²) in [6.45, 7) is 1.65. The average molecular weight is 248 g/mol. The second-order valence-corrected chi connectivity index (χ2v) is 4.47. The van der Waals surface area contributed by atoms with E-state index in [0.29, 0.717) is 11.1 Å². The molecule has 3 rings (SSSR count). The van der Waals surface area contributed by atoms with Crippen LogP contribution in [0.5, 0.6) is 0 Å². The van der Waals surface area contributed by atoms with Crippen molar-refractivity contribution in [3.63, 3.8) is 0 Å². The number of esters is 2. The molecule has 0 unspecified atom stereocenters. The van der Waals surface area contributed by atoms with Gasteiger partial charge in [-0.15, -0.1) is 0 Å². The van der Waals surface area contributed by atoms with Gasteiger partial charge >= 0.3 is 11.9 Å². The number of cyclic esters (lactones) is 1. The van der Waals surface area contributed by atoms with Crippen LogP contribution in [-0.4, -0.2) is 24.3 Å². The van der Waals surface area contributed by atoms with Gasteiger partial charge in [0.1, 0.15) is 6.10 Å². The molecule has 3 aliphatic rings. The summed E-state index contributed by atoms with van der Waals surface area (Å²) in [7, 11) is 0. The molecule has 18 heavy (non-hydrogen) atoms. The van der Waals surface area contributed by atoms with E-state index in [2.05, 4.69) is 0 Å². The summed E-state index contributed by atoms with van der Waals surface area (Å²) < 4.78 is 15.4. The van der Waals surface area contributed by atoms with Gasteiger partial charge in [-0.05, 0) is 6.92 Å². The molecule has 0 saturated carbocycles. The molecule has 0 spiro atoms. The normalized spacial score (nSPS) is 35.5. The van der Waals surface area contributed by atoms with E-state index in [1.54, 1.807) is 13.0 Å². The van der Waals surface area contributed by atoms with Crippen LogP contribution in [-0.2, 0) is 23.8 Å². The van der Waals surface area contributed by atoms with Gasteiger partial charge in [-0.25, -0.2) is 9.59 Å². The predicted octanol–water partition coefficient (Wildman–Crippen LogP) is 1.22. The molecular formula is C13H12O5. The molecule has 3 atom stereocenters. The molecule has 1 saturated heterocycles. The van der Waals surface area contributed by atoms with Crippen LogP contribution < -0.4 is 0 Å². The van der Waals surface area contributed by atoms with Crippen molar-refractivity contribution in [3.05, 3.63) is 35.6 Å². The zero-order valence-electron chi connectivity index (χ0n) is 9.79. The first-order valence-corrected chi connectivity index (χ1v) is 5.78. The SMILES string of the molecule is CC1=C[C@H](O/C=C2\C(=O)O[C@@H]3CC=C[C@H]23)OC1=O. The highest BCUT2D eigenvalue weighted by Crippen LogP contribution is 2.35. The van der Waals surface area contributed by atoms with Crippen LogP contribution in [0.15, 0.2) is 35.6 Å². The molecule has 2 aliphatic heterocycles. The number of rotatable bonds is 2. The van der Waals surface area contributed by atoms with E-state index < -0.39 is 12.3 Å². The zero-order valence-corrected chi connectivity index (χ0v) is 9.79. The molecule has 0 amide bonds. The second kappa shape index (κ2) is 4.01. The maximum Gasteiger partial charge on any atom is 0.338 e. The first-order chi connectivity index (χ1) is 8.65. The van der Waals surface area contributed by atoms with E-state index in [0.717, 1.165) is 6.42 Å². The average Bonchev–Trinajstić information content (AvgIpc) is 2.94. The summed E-state index contributed by atoms with van der Waals surface area (Å²) in [5.41, 5.74) is 0.980. The number of fused-ring (bicyclic) bond motifs is 1. The minimum atomic E-state index is -0.748. The Morgan fingerprint density at radius 3 is 2.89 bits per heavy atom. The molecule has 94 valence electrons. The van der Waals surface area contributed by atoms with Crippen molar-refractivity contribution in [2.75, 3.05) is 0 Å². The predicted molar refractivity (Wildman–Crippen MR) is 59.9 cm³/mol. The Bertz CT molecular complexity index is 500. The molecule has 0 aromatic heterocycles. The Balaban J connectivity index is 1.71. The first kappa shape index (κ1) is 11.1. The van der Waals surface area contributed by atoms with Crippen LogP contribution in [0.4, 0.5) is 0 Å². The Kier molecular flexibility index (Phi) is 2.47. The van der Waals surface area contributed by atoms with Gasteiger partial charge in [-0.2, -0.15) is 0 Å². The van der Waals surface area contributed by atoms with Gasteiger partial charge < -0.3 is 14.2 Å². The van der Waals surface area contributed by atoms with Gasteiger partial charge in [-0.3, -0.25) is 0 Å². The van der Waals surface area contributed by atoms with Crippen LogP contribution in [0, 0.1) is 5.92 Å². The number of carbonyl (C=O) groups is 2. The zero-order chi connectivity index (χ0) is 12.7. The van der Waals surface area contributed by atoms with E-state index >= 15 is 0 Å². The summed E-state index contributed by atoms with van der Waals surface area (Å²) in [5, 5.41) is 0. The summed E-state index contributed by atoms with van der Waals surface area (Å²) in [4.78, 5) is 22.7. The minimum absolute atomic E-state index is 0.0420. The van der Waals surface area contributed by atoms with Crippen molar-refractivity contribution in [2.24, 2.45) is 5.92 Å². The largest absolute Gasteiger partial charge is 0.458 e. The summed E-state index contributed by atoms with van der Waals surface area (Å²) in [5.74, 6) is -0.801. The minimum Gasteiger partial charge on any atom is -0.458 e. The van der Waals surface area contributed by atoms with Crippen molar-refractivity contribution < 1.29 is 23.8 Å². The Hall–Kier alpha value is -2.04. The third-order valence-electron chi connectivity index (χ3n) is 3.23. The lowest BCUT2D eigenvalue weighted by molar-refractivity contribution is -0.152. The molecule has 5 nitrogen and oxygen atoms in total. The Morgan fingerprint density at radius 2 is 2.17 bits per heavy atom. The molecule has 0 radical (unpaired) electrons. The molecule has 0 N–H and O–H groups in total. The first-order valence-electron chi connectivity index (χ1n) is 5.78. The van der Waals surface area contributed by atoms with Crippen molar-refractivity contribution in [1.82, 2.24) is 0 Å². The van der Waals surface area contributed by atoms with Gasteiger partial charge in [-0.1, -0.05) is 12.2 Å². The third-order valence-corrected chi connectivity index (χ3v) is 3.23. The van der Waals surface area contributed by atoms with Crippen LogP contribution in [0.2, 0.25) is 0 Å². The number of hydrogen-bond donors (Lipinski definition) is 0. The van der Waals surface area contributed by atoms with Crippen molar-refractivity contribution in [2.45, 2.75) is 25.7 Å². The van der Waals surface area contributed by atoms with Crippen LogP contribution in [0.1, 0.15) is 13.3 Å². The topological polar surface area (TPSA) is 61.8 Å². The lowest BCUT2D eigenvalue weighted by atomic mass is 10.0. The molecule has 0 aromatic rings. The molecule has 0 bridgehead atoms. The van der Waals surface area contributed by atoms with Crippen LogP contribution in [0.3, 0.4) is 0 Å². The molecule has 1 fully saturated rings. The number of carbonyl (C=O) groups excluding carboxylic acids is 2. The molecular weight excluding hydrogens is 236 g/mol. The van der Waals surface area contributed by atoms with Gasteiger partial charge in [0.05, 0.1) is 11.8 Å². The van der Waals surface area contributed by atoms with Crippen molar-refractivity contribution >= 4 is 11.9 Å². The second-order valence-electron chi connectivity index (χ2n) is 4.47. The highest BCUT2D eigenvalue weighted by molar-refractivity contribution is 5.92. The summed E-state index contributed by atoms with van der Waals surface area (Å²) >= 11 is 0. The fraction of sp³-hybridized carbons (Fsp3) is 0.385. The van der Waals surface area contributed by atoms with Gasteiger partial charge in [0, 0.05) is 24.0 Å². The maximum atomic E-state index is 11.6. The highest BCUT2D eigenvalue weighted by atomic mass is 16.7. The van der Waals surface area contributed by atoms with E-state index in [4.69, 9.17) is 14.2 Å². The van der Waals surface area contributed by atoms with E-state index in [1.165, 1.54) is 6.26 Å². The summed E-state index contributed by atoms with van der Waals surface area (Å²) in [6, 6.07) is 0.